The van der Waals surface area contributed by atoms with Gasteiger partial charge in [-0.1, -0.05) is 12.1 Å². The second-order valence-electron chi connectivity index (χ2n) is 5.37. The second kappa shape index (κ2) is 5.60. The van der Waals surface area contributed by atoms with Crippen LogP contribution in [-0.4, -0.2) is 37.7 Å². The maximum atomic E-state index is 5.46. The number of hydrogen-bond acceptors (Lipinski definition) is 5. The van der Waals surface area contributed by atoms with Crippen molar-refractivity contribution >= 4 is 11.6 Å². The van der Waals surface area contributed by atoms with E-state index in [0.29, 0.717) is 0 Å². The van der Waals surface area contributed by atoms with Gasteiger partial charge in [0.1, 0.15) is 5.75 Å². The zero-order valence-electron chi connectivity index (χ0n) is 12.7. The lowest BCUT2D eigenvalue weighted by molar-refractivity contribution is 0.407. The van der Waals surface area contributed by atoms with E-state index in [1.54, 1.807) is 19.5 Å². The minimum Gasteiger partial charge on any atom is -0.496 e. The average molecular weight is 284 g/mol. The lowest BCUT2D eigenvalue weighted by Gasteiger charge is -2.32. The molecule has 0 unspecified atom stereocenters. The molecule has 5 nitrogen and oxygen atoms in total. The van der Waals surface area contributed by atoms with Gasteiger partial charge in [-0.15, -0.1) is 0 Å². The highest BCUT2D eigenvalue weighted by Crippen LogP contribution is 2.32. The van der Waals surface area contributed by atoms with Crippen molar-refractivity contribution in [2.75, 3.05) is 37.5 Å². The molecule has 0 N–H and O–H groups in total. The standard InChI is InChI=1S/C16H20N4O/c1-19(2)15-16(18-9-8-17-15)20-10-7-13-12(11-20)5-4-6-14(13)21-3/h4-6,8-9H,7,10-11H2,1-3H3. The molecule has 5 heteroatoms. The minimum absolute atomic E-state index is 0.839. The van der Waals surface area contributed by atoms with Gasteiger partial charge in [0, 0.05) is 45.1 Å². The predicted octanol–water partition coefficient (Wildman–Crippen LogP) is 2.11. The molecule has 0 amide bonds. The summed E-state index contributed by atoms with van der Waals surface area (Å²) in [6, 6.07) is 6.24. The Morgan fingerprint density at radius 1 is 1.19 bits per heavy atom. The van der Waals surface area contributed by atoms with Crippen molar-refractivity contribution in [3.63, 3.8) is 0 Å². The van der Waals surface area contributed by atoms with Gasteiger partial charge in [-0.05, 0) is 18.1 Å². The molecule has 1 aromatic carbocycles. The Balaban J connectivity index is 1.94. The second-order valence-corrected chi connectivity index (χ2v) is 5.37. The van der Waals surface area contributed by atoms with E-state index in [1.165, 1.54) is 11.1 Å². The molecule has 2 heterocycles. The van der Waals surface area contributed by atoms with Crippen molar-refractivity contribution in [3.8, 4) is 5.75 Å². The van der Waals surface area contributed by atoms with E-state index in [2.05, 4.69) is 20.9 Å². The van der Waals surface area contributed by atoms with Gasteiger partial charge in [-0.25, -0.2) is 9.97 Å². The van der Waals surface area contributed by atoms with Crippen molar-refractivity contribution in [2.45, 2.75) is 13.0 Å². The number of rotatable bonds is 3. The van der Waals surface area contributed by atoms with Crippen molar-refractivity contribution in [3.05, 3.63) is 41.7 Å². The number of benzene rings is 1. The fourth-order valence-electron chi connectivity index (χ4n) is 2.81. The van der Waals surface area contributed by atoms with Crippen LogP contribution in [0.25, 0.3) is 0 Å². The van der Waals surface area contributed by atoms with Gasteiger partial charge in [0.05, 0.1) is 7.11 Å². The van der Waals surface area contributed by atoms with E-state index < -0.39 is 0 Å². The van der Waals surface area contributed by atoms with Crippen molar-refractivity contribution < 1.29 is 4.74 Å². The van der Waals surface area contributed by atoms with Gasteiger partial charge >= 0.3 is 0 Å². The molecule has 0 atom stereocenters. The number of fused-ring (bicyclic) bond motifs is 1. The number of nitrogens with zero attached hydrogens (tertiary/aromatic N) is 4. The van der Waals surface area contributed by atoms with Crippen LogP contribution < -0.4 is 14.5 Å². The van der Waals surface area contributed by atoms with Crippen LogP contribution in [0.3, 0.4) is 0 Å². The van der Waals surface area contributed by atoms with Crippen LogP contribution in [0.15, 0.2) is 30.6 Å². The SMILES string of the molecule is COc1cccc2c1CCN(c1nccnc1N(C)C)C2. The minimum atomic E-state index is 0.839. The van der Waals surface area contributed by atoms with Gasteiger partial charge in [0.25, 0.3) is 0 Å². The smallest absolute Gasteiger partial charge is 0.172 e. The summed E-state index contributed by atoms with van der Waals surface area (Å²) in [5, 5.41) is 0. The Kier molecular flexibility index (Phi) is 3.64. The average Bonchev–Trinajstić information content (AvgIpc) is 2.53. The molecule has 0 radical (unpaired) electrons. The van der Waals surface area contributed by atoms with Gasteiger partial charge in [0.15, 0.2) is 11.6 Å². The molecule has 0 spiro atoms. The van der Waals surface area contributed by atoms with E-state index in [1.807, 2.05) is 31.1 Å². The van der Waals surface area contributed by atoms with E-state index in [4.69, 9.17) is 4.74 Å². The summed E-state index contributed by atoms with van der Waals surface area (Å²) in [5.41, 5.74) is 2.61. The van der Waals surface area contributed by atoms with E-state index in [0.717, 1.165) is 36.9 Å². The maximum Gasteiger partial charge on any atom is 0.172 e. The molecular formula is C16H20N4O. The third kappa shape index (κ3) is 2.51. The van der Waals surface area contributed by atoms with Crippen LogP contribution in [0, 0.1) is 0 Å². The molecule has 1 aromatic heterocycles. The first-order chi connectivity index (χ1) is 10.2. The van der Waals surface area contributed by atoms with E-state index in [9.17, 15) is 0 Å². The monoisotopic (exact) mass is 284 g/mol. The molecule has 0 fully saturated rings. The highest BCUT2D eigenvalue weighted by atomic mass is 16.5. The molecule has 110 valence electrons. The quantitative estimate of drug-likeness (QED) is 0.863. The van der Waals surface area contributed by atoms with Crippen LogP contribution in [-0.2, 0) is 13.0 Å². The fraction of sp³-hybridized carbons (Fsp3) is 0.375. The Morgan fingerprint density at radius 3 is 2.76 bits per heavy atom. The van der Waals surface area contributed by atoms with Gasteiger partial charge < -0.3 is 14.5 Å². The lowest BCUT2D eigenvalue weighted by Crippen LogP contribution is -2.32. The summed E-state index contributed by atoms with van der Waals surface area (Å²) < 4.78 is 5.46. The summed E-state index contributed by atoms with van der Waals surface area (Å²) in [6.45, 7) is 1.76. The Bertz CT molecular complexity index is 642. The number of methoxy groups -OCH3 is 1. The highest BCUT2D eigenvalue weighted by molar-refractivity contribution is 5.62. The Hall–Kier alpha value is -2.30. The first-order valence-electron chi connectivity index (χ1n) is 7.08. The van der Waals surface area contributed by atoms with Crippen molar-refractivity contribution in [1.29, 1.82) is 0 Å². The first kappa shape index (κ1) is 13.7. The van der Waals surface area contributed by atoms with Crippen molar-refractivity contribution in [1.82, 2.24) is 9.97 Å². The van der Waals surface area contributed by atoms with Crippen LogP contribution in [0.2, 0.25) is 0 Å². The molecular weight excluding hydrogens is 264 g/mol. The number of aromatic nitrogens is 2. The van der Waals surface area contributed by atoms with Gasteiger partial charge in [0.2, 0.25) is 0 Å². The topological polar surface area (TPSA) is 41.5 Å². The normalized spacial score (nSPS) is 13.8. The fourth-order valence-corrected chi connectivity index (χ4v) is 2.81. The zero-order chi connectivity index (χ0) is 14.8. The molecule has 0 bridgehead atoms. The first-order valence-corrected chi connectivity index (χ1v) is 7.08. The molecule has 2 aromatic rings. The Morgan fingerprint density at radius 2 is 2.00 bits per heavy atom. The van der Waals surface area contributed by atoms with Crippen LogP contribution in [0.4, 0.5) is 11.6 Å². The number of anilines is 2. The lowest BCUT2D eigenvalue weighted by atomic mass is 9.98. The van der Waals surface area contributed by atoms with Gasteiger partial charge in [-0.2, -0.15) is 0 Å². The predicted molar refractivity (Wildman–Crippen MR) is 84.1 cm³/mol. The third-order valence-electron chi connectivity index (χ3n) is 3.83. The van der Waals surface area contributed by atoms with Crippen LogP contribution in [0.1, 0.15) is 11.1 Å². The van der Waals surface area contributed by atoms with Crippen molar-refractivity contribution in [2.24, 2.45) is 0 Å². The zero-order valence-corrected chi connectivity index (χ0v) is 12.7. The van der Waals surface area contributed by atoms with Gasteiger partial charge in [-0.3, -0.25) is 0 Å². The number of ether oxygens (including phenoxy) is 1. The largest absolute Gasteiger partial charge is 0.496 e. The highest BCUT2D eigenvalue weighted by Gasteiger charge is 2.22. The summed E-state index contributed by atoms with van der Waals surface area (Å²) in [7, 11) is 5.72. The molecule has 1 aliphatic heterocycles. The molecule has 1 aliphatic rings. The maximum absolute atomic E-state index is 5.46. The molecule has 0 saturated carbocycles. The molecule has 0 aliphatic carbocycles. The third-order valence-corrected chi connectivity index (χ3v) is 3.83. The molecule has 21 heavy (non-hydrogen) atoms. The summed E-state index contributed by atoms with van der Waals surface area (Å²) >= 11 is 0. The van der Waals surface area contributed by atoms with Crippen LogP contribution in [0.5, 0.6) is 5.75 Å². The Labute approximate surface area is 125 Å². The summed E-state index contributed by atoms with van der Waals surface area (Å²) in [5.74, 6) is 2.83. The van der Waals surface area contributed by atoms with E-state index >= 15 is 0 Å². The molecule has 3 rings (SSSR count). The van der Waals surface area contributed by atoms with Crippen LogP contribution >= 0.6 is 0 Å². The summed E-state index contributed by atoms with van der Waals surface area (Å²) in [6.07, 6.45) is 4.45. The molecule has 0 saturated heterocycles. The van der Waals surface area contributed by atoms with E-state index in [-0.39, 0.29) is 0 Å². The summed E-state index contributed by atoms with van der Waals surface area (Å²) in [4.78, 5) is 13.3. The number of hydrogen-bond donors (Lipinski definition) is 0.